The molecule has 0 radical (unpaired) electrons. The van der Waals surface area contributed by atoms with Crippen molar-refractivity contribution in [2.24, 2.45) is 0 Å². The number of anilines is 1. The van der Waals surface area contributed by atoms with Crippen molar-refractivity contribution in [1.82, 2.24) is 19.7 Å². The van der Waals surface area contributed by atoms with Gasteiger partial charge in [0.2, 0.25) is 0 Å². The first-order valence-corrected chi connectivity index (χ1v) is 11.8. The maximum Gasteiger partial charge on any atom is 0.276 e. The Morgan fingerprint density at radius 1 is 1.03 bits per heavy atom. The second-order valence-corrected chi connectivity index (χ2v) is 8.56. The van der Waals surface area contributed by atoms with Gasteiger partial charge in [0.15, 0.2) is 5.69 Å². The molecule has 34 heavy (non-hydrogen) atoms. The first-order chi connectivity index (χ1) is 16.6. The summed E-state index contributed by atoms with van der Waals surface area (Å²) in [7, 11) is 0. The molecular weight excluding hydrogens is 426 g/mol. The van der Waals surface area contributed by atoms with Gasteiger partial charge in [-0.3, -0.25) is 9.59 Å². The van der Waals surface area contributed by atoms with Crippen LogP contribution in [-0.2, 0) is 19.3 Å². The molecule has 7 nitrogen and oxygen atoms in total. The number of aromatic nitrogens is 4. The fraction of sp³-hybridized carbons (Fsp3) is 0.259. The maximum atomic E-state index is 13.4. The summed E-state index contributed by atoms with van der Waals surface area (Å²) < 4.78 is 1.93. The topological polar surface area (TPSA) is 92.7 Å². The highest BCUT2D eigenvalue weighted by Gasteiger charge is 2.25. The van der Waals surface area contributed by atoms with Gasteiger partial charge in [-0.1, -0.05) is 43.7 Å². The van der Waals surface area contributed by atoms with Gasteiger partial charge in [-0.25, -0.2) is 9.67 Å². The Morgan fingerprint density at radius 2 is 1.85 bits per heavy atom. The van der Waals surface area contributed by atoms with Crippen molar-refractivity contribution in [3.05, 3.63) is 93.7 Å². The number of benzene rings is 2. The van der Waals surface area contributed by atoms with Crippen molar-refractivity contribution in [1.29, 1.82) is 0 Å². The SMILES string of the molecule is CCc1cc(=O)[nH]c(-c2cccc(NC(=O)c3nn(-c4ccccc4)c4c3CCCCC4)c2)n1. The van der Waals surface area contributed by atoms with Crippen LogP contribution in [0.1, 0.15) is 53.6 Å². The quantitative estimate of drug-likeness (QED) is 0.428. The molecule has 5 rings (SSSR count). The number of aryl methyl sites for hydroxylation is 1. The third-order valence-electron chi connectivity index (χ3n) is 6.20. The van der Waals surface area contributed by atoms with Gasteiger partial charge in [-0.15, -0.1) is 0 Å². The van der Waals surface area contributed by atoms with Crippen LogP contribution >= 0.6 is 0 Å². The summed E-state index contributed by atoms with van der Waals surface area (Å²) in [5, 5.41) is 7.77. The highest BCUT2D eigenvalue weighted by Crippen LogP contribution is 2.27. The van der Waals surface area contributed by atoms with Crippen molar-refractivity contribution < 1.29 is 4.79 Å². The van der Waals surface area contributed by atoms with E-state index < -0.39 is 0 Å². The van der Waals surface area contributed by atoms with E-state index in [1.165, 1.54) is 6.07 Å². The molecule has 0 atom stereocenters. The molecule has 0 spiro atoms. The minimum Gasteiger partial charge on any atom is -0.321 e. The average molecular weight is 454 g/mol. The number of para-hydroxylation sites is 1. The minimum atomic E-state index is -0.228. The molecule has 2 heterocycles. The third-order valence-corrected chi connectivity index (χ3v) is 6.20. The van der Waals surface area contributed by atoms with Crippen LogP contribution < -0.4 is 10.9 Å². The van der Waals surface area contributed by atoms with E-state index in [1.54, 1.807) is 0 Å². The number of amides is 1. The third kappa shape index (κ3) is 4.41. The summed E-state index contributed by atoms with van der Waals surface area (Å²) in [6.45, 7) is 1.96. The van der Waals surface area contributed by atoms with Crippen LogP contribution in [0.15, 0.2) is 65.5 Å². The van der Waals surface area contributed by atoms with Crippen molar-refractivity contribution in [2.45, 2.75) is 45.4 Å². The van der Waals surface area contributed by atoms with E-state index in [4.69, 9.17) is 5.10 Å². The maximum absolute atomic E-state index is 13.4. The van der Waals surface area contributed by atoms with Crippen LogP contribution in [-0.4, -0.2) is 25.7 Å². The molecule has 0 saturated carbocycles. The van der Waals surface area contributed by atoms with Gasteiger partial charge in [-0.05, 0) is 56.4 Å². The van der Waals surface area contributed by atoms with Gasteiger partial charge < -0.3 is 10.3 Å². The van der Waals surface area contributed by atoms with Crippen LogP contribution in [0.4, 0.5) is 5.69 Å². The van der Waals surface area contributed by atoms with E-state index in [0.29, 0.717) is 23.6 Å². The Kier molecular flexibility index (Phi) is 6.08. The molecule has 1 aliphatic rings. The Labute approximate surface area is 197 Å². The summed E-state index contributed by atoms with van der Waals surface area (Å²) in [4.78, 5) is 32.7. The number of hydrogen-bond donors (Lipinski definition) is 2. The van der Waals surface area contributed by atoms with Crippen molar-refractivity contribution >= 4 is 11.6 Å². The number of rotatable bonds is 5. The molecule has 0 saturated heterocycles. The van der Waals surface area contributed by atoms with Crippen LogP contribution in [0.3, 0.4) is 0 Å². The fourth-order valence-corrected chi connectivity index (χ4v) is 4.50. The van der Waals surface area contributed by atoms with Crippen molar-refractivity contribution in [2.75, 3.05) is 5.32 Å². The smallest absolute Gasteiger partial charge is 0.276 e. The number of aromatic amines is 1. The molecule has 0 bridgehead atoms. The summed E-state index contributed by atoms with van der Waals surface area (Å²) in [6, 6.07) is 18.8. The van der Waals surface area contributed by atoms with Crippen molar-refractivity contribution in [3.63, 3.8) is 0 Å². The standard InChI is InChI=1S/C27H27N5O2/c1-2-19-17-24(33)30-26(28-19)18-10-9-11-20(16-18)29-27(34)25-22-14-7-4-8-15-23(22)32(31-25)21-12-5-3-6-13-21/h3,5-6,9-13,16-17H,2,4,7-8,14-15H2,1H3,(H,29,34)(H,28,30,33). The average Bonchev–Trinajstić information content (AvgIpc) is 3.05. The molecular formula is C27H27N5O2. The lowest BCUT2D eigenvalue weighted by molar-refractivity contribution is 0.102. The molecule has 0 aliphatic heterocycles. The van der Waals surface area contributed by atoms with E-state index in [1.807, 2.05) is 66.2 Å². The van der Waals surface area contributed by atoms with E-state index in [9.17, 15) is 9.59 Å². The Morgan fingerprint density at radius 3 is 2.68 bits per heavy atom. The van der Waals surface area contributed by atoms with E-state index >= 15 is 0 Å². The predicted molar refractivity (Wildman–Crippen MR) is 132 cm³/mol. The van der Waals surface area contributed by atoms with E-state index in [0.717, 1.165) is 60.3 Å². The van der Waals surface area contributed by atoms with Crippen LogP contribution in [0.2, 0.25) is 0 Å². The van der Waals surface area contributed by atoms with Gasteiger partial charge in [0.05, 0.1) is 5.69 Å². The van der Waals surface area contributed by atoms with Crippen LogP contribution in [0, 0.1) is 0 Å². The number of fused-ring (bicyclic) bond motifs is 1. The Balaban J connectivity index is 1.48. The number of nitrogens with one attached hydrogen (secondary N) is 2. The molecule has 2 aromatic carbocycles. The number of nitrogens with zero attached hydrogens (tertiary/aromatic N) is 3. The minimum absolute atomic E-state index is 0.189. The van der Waals surface area contributed by atoms with Gasteiger partial charge in [0.25, 0.3) is 11.5 Å². The molecule has 1 amide bonds. The van der Waals surface area contributed by atoms with Crippen molar-refractivity contribution in [3.8, 4) is 17.1 Å². The zero-order chi connectivity index (χ0) is 23.5. The molecule has 4 aromatic rings. The lowest BCUT2D eigenvalue weighted by Crippen LogP contribution is -2.15. The predicted octanol–water partition coefficient (Wildman–Crippen LogP) is 4.71. The Bertz CT molecular complexity index is 1390. The van der Waals surface area contributed by atoms with Gasteiger partial charge in [-0.2, -0.15) is 5.10 Å². The van der Waals surface area contributed by atoms with Gasteiger partial charge in [0, 0.05) is 34.3 Å². The van der Waals surface area contributed by atoms with Gasteiger partial charge >= 0.3 is 0 Å². The number of carbonyl (C=O) groups excluding carboxylic acids is 1. The molecule has 7 heteroatoms. The van der Waals surface area contributed by atoms with Crippen LogP contribution in [0.5, 0.6) is 0 Å². The molecule has 172 valence electrons. The first-order valence-electron chi connectivity index (χ1n) is 11.8. The second kappa shape index (κ2) is 9.47. The normalized spacial score (nSPS) is 13.2. The molecule has 2 aromatic heterocycles. The highest BCUT2D eigenvalue weighted by atomic mass is 16.2. The first kappa shape index (κ1) is 21.8. The summed E-state index contributed by atoms with van der Waals surface area (Å²) >= 11 is 0. The van der Waals surface area contributed by atoms with E-state index in [-0.39, 0.29) is 11.5 Å². The second-order valence-electron chi connectivity index (χ2n) is 8.56. The van der Waals surface area contributed by atoms with E-state index in [2.05, 4.69) is 15.3 Å². The van der Waals surface area contributed by atoms with Crippen LogP contribution in [0.25, 0.3) is 17.1 Å². The lowest BCUT2D eigenvalue weighted by Gasteiger charge is -2.08. The monoisotopic (exact) mass is 453 g/mol. The van der Waals surface area contributed by atoms with Gasteiger partial charge in [0.1, 0.15) is 5.82 Å². The summed E-state index contributed by atoms with van der Waals surface area (Å²) in [5.74, 6) is 0.261. The molecule has 2 N–H and O–H groups in total. The largest absolute Gasteiger partial charge is 0.321 e. The lowest BCUT2D eigenvalue weighted by atomic mass is 10.1. The zero-order valence-electron chi connectivity index (χ0n) is 19.2. The molecule has 0 fully saturated rings. The zero-order valence-corrected chi connectivity index (χ0v) is 19.2. The fourth-order valence-electron chi connectivity index (χ4n) is 4.50. The summed E-state index contributed by atoms with van der Waals surface area (Å²) in [6.07, 6.45) is 5.72. The number of H-pyrrole nitrogens is 1. The molecule has 1 aliphatic carbocycles. The Hall–Kier alpha value is -4.00. The molecule has 0 unspecified atom stereocenters. The summed E-state index contributed by atoms with van der Waals surface area (Å²) in [5.41, 5.74) is 5.51. The number of hydrogen-bond acceptors (Lipinski definition) is 4. The number of carbonyl (C=O) groups is 1. The highest BCUT2D eigenvalue weighted by molar-refractivity contribution is 6.04.